The number of nitrogens with zero attached hydrogens (tertiary/aromatic N) is 1. The lowest BCUT2D eigenvalue weighted by Gasteiger charge is -2.17. The highest BCUT2D eigenvalue weighted by molar-refractivity contribution is 7.15. The fraction of sp³-hybridized carbons (Fsp3) is 0.333. The minimum absolute atomic E-state index is 0.0994. The molecule has 0 radical (unpaired) electrons. The Hall–Kier alpha value is -1.76. The zero-order chi connectivity index (χ0) is 15.5. The van der Waals surface area contributed by atoms with Gasteiger partial charge in [0.25, 0.3) is 5.69 Å². The third kappa shape index (κ3) is 4.63. The third-order valence-electron chi connectivity index (χ3n) is 2.88. The molecule has 2 aromatic rings. The zero-order valence-electron chi connectivity index (χ0n) is 12.0. The van der Waals surface area contributed by atoms with E-state index in [4.69, 9.17) is 0 Å². The van der Waals surface area contributed by atoms with Crippen LogP contribution in [0.25, 0.3) is 10.4 Å². The molecule has 1 aromatic heterocycles. The summed E-state index contributed by atoms with van der Waals surface area (Å²) in [5, 5.41) is 23.5. The van der Waals surface area contributed by atoms with Gasteiger partial charge in [-0.3, -0.25) is 10.1 Å². The Morgan fingerprint density at radius 2 is 1.90 bits per heavy atom. The van der Waals surface area contributed by atoms with Crippen molar-refractivity contribution in [2.24, 2.45) is 0 Å². The number of nitrogens with one attached hydrogen (secondary N) is 1. The number of nitro benzene ring substituents is 1. The number of nitro groups is 1. The van der Waals surface area contributed by atoms with Crippen molar-refractivity contribution in [3.05, 3.63) is 51.4 Å². The molecule has 5 nitrogen and oxygen atoms in total. The van der Waals surface area contributed by atoms with E-state index in [1.807, 2.05) is 12.1 Å². The molecule has 0 aliphatic rings. The van der Waals surface area contributed by atoms with Gasteiger partial charge in [-0.1, -0.05) is 0 Å². The molecule has 0 atom stereocenters. The van der Waals surface area contributed by atoms with Gasteiger partial charge in [0, 0.05) is 35.0 Å². The van der Waals surface area contributed by atoms with Crippen molar-refractivity contribution >= 4 is 17.0 Å². The van der Waals surface area contributed by atoms with Crippen LogP contribution in [-0.2, 0) is 6.54 Å². The fourth-order valence-electron chi connectivity index (χ4n) is 1.87. The molecular formula is C15H18N2O3S. The van der Waals surface area contributed by atoms with E-state index < -0.39 is 10.5 Å². The summed E-state index contributed by atoms with van der Waals surface area (Å²) in [6.45, 7) is 4.74. The highest BCUT2D eigenvalue weighted by Crippen LogP contribution is 2.29. The average molecular weight is 306 g/mol. The standard InChI is InChI=1S/C15H18N2O3S/c1-15(2,18)10-16-9-13-7-8-14(21-13)11-3-5-12(6-4-11)17(19)20/h3-8,16,18H,9-10H2,1-2H3. The van der Waals surface area contributed by atoms with Gasteiger partial charge in [0.15, 0.2) is 0 Å². The van der Waals surface area contributed by atoms with Crippen molar-refractivity contribution in [3.8, 4) is 10.4 Å². The first-order chi connectivity index (χ1) is 9.85. The second-order valence-corrected chi connectivity index (χ2v) is 6.65. The van der Waals surface area contributed by atoms with Gasteiger partial charge in [-0.2, -0.15) is 0 Å². The van der Waals surface area contributed by atoms with E-state index in [1.165, 1.54) is 12.1 Å². The van der Waals surface area contributed by atoms with E-state index in [9.17, 15) is 15.2 Å². The van der Waals surface area contributed by atoms with E-state index in [0.29, 0.717) is 13.1 Å². The monoisotopic (exact) mass is 306 g/mol. The van der Waals surface area contributed by atoms with Crippen LogP contribution in [0.5, 0.6) is 0 Å². The van der Waals surface area contributed by atoms with E-state index >= 15 is 0 Å². The first-order valence-electron chi connectivity index (χ1n) is 6.62. The van der Waals surface area contributed by atoms with Gasteiger partial charge in [0.1, 0.15) is 0 Å². The lowest BCUT2D eigenvalue weighted by molar-refractivity contribution is -0.384. The molecule has 1 heterocycles. The first kappa shape index (κ1) is 15.6. The summed E-state index contributed by atoms with van der Waals surface area (Å²) >= 11 is 1.64. The molecule has 1 aromatic carbocycles. The van der Waals surface area contributed by atoms with Crippen LogP contribution >= 0.6 is 11.3 Å². The summed E-state index contributed by atoms with van der Waals surface area (Å²) < 4.78 is 0. The number of benzene rings is 1. The molecule has 0 bridgehead atoms. The summed E-state index contributed by atoms with van der Waals surface area (Å²) in [4.78, 5) is 12.5. The highest BCUT2D eigenvalue weighted by atomic mass is 32.1. The number of hydrogen-bond donors (Lipinski definition) is 2. The van der Waals surface area contributed by atoms with E-state index in [-0.39, 0.29) is 5.69 Å². The van der Waals surface area contributed by atoms with Gasteiger partial charge in [-0.25, -0.2) is 0 Å². The molecule has 2 rings (SSSR count). The maximum atomic E-state index is 10.6. The van der Waals surface area contributed by atoms with Crippen LogP contribution in [0.15, 0.2) is 36.4 Å². The summed E-state index contributed by atoms with van der Waals surface area (Å²) in [5.41, 5.74) is 0.347. The SMILES string of the molecule is CC(C)(O)CNCc1ccc(-c2ccc([N+](=O)[O-])cc2)s1. The third-order valence-corrected chi connectivity index (χ3v) is 4.02. The minimum atomic E-state index is -0.724. The Kier molecular flexibility index (Phi) is 4.72. The van der Waals surface area contributed by atoms with Crippen LogP contribution in [0.1, 0.15) is 18.7 Å². The fourth-order valence-corrected chi connectivity index (χ4v) is 2.85. The normalized spacial score (nSPS) is 11.6. The molecule has 0 fully saturated rings. The molecule has 112 valence electrons. The molecule has 0 aliphatic heterocycles. The van der Waals surface area contributed by atoms with Gasteiger partial charge < -0.3 is 10.4 Å². The second kappa shape index (κ2) is 6.34. The number of hydrogen-bond acceptors (Lipinski definition) is 5. The Morgan fingerprint density at radius 3 is 2.48 bits per heavy atom. The van der Waals surface area contributed by atoms with Crippen LogP contribution in [0.2, 0.25) is 0 Å². The molecule has 0 amide bonds. The molecule has 0 aliphatic carbocycles. The topological polar surface area (TPSA) is 75.4 Å². The molecule has 6 heteroatoms. The second-order valence-electron chi connectivity index (χ2n) is 5.49. The molecule has 0 spiro atoms. The molecule has 21 heavy (non-hydrogen) atoms. The van der Waals surface area contributed by atoms with Gasteiger partial charge in [-0.05, 0) is 43.7 Å². The van der Waals surface area contributed by atoms with Crippen LogP contribution in [0, 0.1) is 10.1 Å². The highest BCUT2D eigenvalue weighted by Gasteiger charge is 2.12. The molecular weight excluding hydrogens is 288 g/mol. The number of non-ortho nitro benzene ring substituents is 1. The largest absolute Gasteiger partial charge is 0.389 e. The molecule has 0 unspecified atom stereocenters. The Bertz CT molecular complexity index is 615. The van der Waals surface area contributed by atoms with Gasteiger partial charge in [0.05, 0.1) is 10.5 Å². The van der Waals surface area contributed by atoms with Gasteiger partial charge in [0.2, 0.25) is 0 Å². The summed E-state index contributed by atoms with van der Waals surface area (Å²) in [5.74, 6) is 0. The van der Waals surface area contributed by atoms with Crippen molar-refractivity contribution in [2.45, 2.75) is 26.0 Å². The number of thiophene rings is 1. The first-order valence-corrected chi connectivity index (χ1v) is 7.43. The zero-order valence-corrected chi connectivity index (χ0v) is 12.8. The lowest BCUT2D eigenvalue weighted by atomic mass is 10.1. The van der Waals surface area contributed by atoms with E-state index in [0.717, 1.165) is 15.3 Å². The smallest absolute Gasteiger partial charge is 0.269 e. The average Bonchev–Trinajstić information content (AvgIpc) is 2.86. The summed E-state index contributed by atoms with van der Waals surface area (Å²) in [6.07, 6.45) is 0. The maximum Gasteiger partial charge on any atom is 0.269 e. The lowest BCUT2D eigenvalue weighted by Crippen LogP contribution is -2.34. The molecule has 0 saturated heterocycles. The predicted molar refractivity (Wildman–Crippen MR) is 84.4 cm³/mol. The predicted octanol–water partition coefficient (Wildman–Crippen LogP) is 3.18. The van der Waals surface area contributed by atoms with Crippen molar-refractivity contribution in [3.63, 3.8) is 0 Å². The number of aliphatic hydroxyl groups is 1. The van der Waals surface area contributed by atoms with Crippen LogP contribution in [-0.4, -0.2) is 22.2 Å². The maximum absolute atomic E-state index is 10.6. The molecule has 0 saturated carbocycles. The van der Waals surface area contributed by atoms with Crippen molar-refractivity contribution in [2.75, 3.05) is 6.54 Å². The van der Waals surface area contributed by atoms with E-state index in [2.05, 4.69) is 5.32 Å². The van der Waals surface area contributed by atoms with Crippen molar-refractivity contribution < 1.29 is 10.0 Å². The number of rotatable bonds is 6. The Morgan fingerprint density at radius 1 is 1.24 bits per heavy atom. The van der Waals surface area contributed by atoms with E-state index in [1.54, 1.807) is 37.3 Å². The van der Waals surface area contributed by atoms with Crippen molar-refractivity contribution in [1.29, 1.82) is 0 Å². The van der Waals surface area contributed by atoms with Gasteiger partial charge >= 0.3 is 0 Å². The van der Waals surface area contributed by atoms with Crippen molar-refractivity contribution in [1.82, 2.24) is 5.32 Å². The van der Waals surface area contributed by atoms with Crippen LogP contribution in [0.3, 0.4) is 0 Å². The van der Waals surface area contributed by atoms with Crippen LogP contribution < -0.4 is 5.32 Å². The van der Waals surface area contributed by atoms with Gasteiger partial charge in [-0.15, -0.1) is 11.3 Å². The Balaban J connectivity index is 2.00. The Labute approximate surface area is 127 Å². The molecule has 2 N–H and O–H groups in total. The summed E-state index contributed by atoms with van der Waals surface area (Å²) in [7, 11) is 0. The minimum Gasteiger partial charge on any atom is -0.389 e. The van der Waals surface area contributed by atoms with Crippen LogP contribution in [0.4, 0.5) is 5.69 Å². The summed E-state index contributed by atoms with van der Waals surface area (Å²) in [6, 6.07) is 10.6. The quantitative estimate of drug-likeness (QED) is 0.635.